The van der Waals surface area contributed by atoms with E-state index in [4.69, 9.17) is 5.73 Å². The van der Waals surface area contributed by atoms with Crippen LogP contribution in [0.25, 0.3) is 0 Å². The van der Waals surface area contributed by atoms with Gasteiger partial charge in [-0.05, 0) is 47.2 Å². The van der Waals surface area contributed by atoms with Gasteiger partial charge in [-0.3, -0.25) is 4.79 Å². The van der Waals surface area contributed by atoms with Gasteiger partial charge < -0.3 is 16.0 Å². The second-order valence-electron chi connectivity index (χ2n) is 4.89. The van der Waals surface area contributed by atoms with Crippen LogP contribution in [-0.2, 0) is 11.3 Å². The van der Waals surface area contributed by atoms with Crippen LogP contribution in [0.4, 0.5) is 11.4 Å². The summed E-state index contributed by atoms with van der Waals surface area (Å²) >= 11 is 5.16. The topological polar surface area (TPSA) is 58.4 Å². The molecule has 2 aromatic rings. The molecule has 0 atom stereocenters. The molecular formula is C15H18BrN3OS. The van der Waals surface area contributed by atoms with Gasteiger partial charge >= 0.3 is 0 Å². The van der Waals surface area contributed by atoms with Gasteiger partial charge in [0.15, 0.2) is 0 Å². The maximum atomic E-state index is 11.9. The standard InChI is InChI=1S/C15H18BrN3OS/c1-19(9-14-7-11(16)10-21-14)6-5-15(20)18-13-4-2-3-12(17)8-13/h2-4,7-8,10H,5-6,9,17H2,1H3,(H,18,20). The van der Waals surface area contributed by atoms with E-state index in [1.54, 1.807) is 23.5 Å². The fourth-order valence-electron chi connectivity index (χ4n) is 1.91. The molecule has 0 bridgehead atoms. The normalized spacial score (nSPS) is 10.8. The number of anilines is 2. The third-order valence-corrected chi connectivity index (χ3v) is 4.62. The van der Waals surface area contributed by atoms with Gasteiger partial charge in [-0.15, -0.1) is 11.3 Å². The fourth-order valence-corrected chi connectivity index (χ4v) is 3.44. The highest BCUT2D eigenvalue weighted by molar-refractivity contribution is 9.10. The van der Waals surface area contributed by atoms with E-state index in [1.807, 2.05) is 19.2 Å². The summed E-state index contributed by atoms with van der Waals surface area (Å²) in [6.45, 7) is 1.56. The predicted molar refractivity (Wildman–Crippen MR) is 92.5 cm³/mol. The number of nitrogens with one attached hydrogen (secondary N) is 1. The van der Waals surface area contributed by atoms with E-state index >= 15 is 0 Å². The molecule has 3 N–H and O–H groups in total. The molecule has 1 amide bonds. The maximum absolute atomic E-state index is 11.9. The molecule has 2 rings (SSSR count). The van der Waals surface area contributed by atoms with Crippen LogP contribution in [0.15, 0.2) is 40.2 Å². The first-order valence-corrected chi connectivity index (χ1v) is 8.27. The van der Waals surface area contributed by atoms with Gasteiger partial charge in [0.1, 0.15) is 0 Å². The molecule has 0 unspecified atom stereocenters. The number of rotatable bonds is 6. The van der Waals surface area contributed by atoms with Gasteiger partial charge in [0.2, 0.25) is 5.91 Å². The number of nitrogen functional groups attached to an aromatic ring is 1. The first-order valence-electron chi connectivity index (χ1n) is 6.60. The molecule has 0 saturated heterocycles. The van der Waals surface area contributed by atoms with Crippen molar-refractivity contribution in [3.63, 3.8) is 0 Å². The molecule has 1 aromatic heterocycles. The monoisotopic (exact) mass is 367 g/mol. The Morgan fingerprint density at radius 1 is 1.43 bits per heavy atom. The molecule has 0 radical (unpaired) electrons. The lowest BCUT2D eigenvalue weighted by molar-refractivity contribution is -0.116. The molecule has 0 fully saturated rings. The highest BCUT2D eigenvalue weighted by atomic mass is 79.9. The van der Waals surface area contributed by atoms with Crippen LogP contribution < -0.4 is 11.1 Å². The number of benzene rings is 1. The smallest absolute Gasteiger partial charge is 0.225 e. The second-order valence-corrected chi connectivity index (χ2v) is 6.80. The van der Waals surface area contributed by atoms with E-state index in [-0.39, 0.29) is 5.91 Å². The maximum Gasteiger partial charge on any atom is 0.225 e. The van der Waals surface area contributed by atoms with Crippen LogP contribution in [-0.4, -0.2) is 24.4 Å². The van der Waals surface area contributed by atoms with Crippen LogP contribution in [0, 0.1) is 0 Å². The summed E-state index contributed by atoms with van der Waals surface area (Å²) in [6.07, 6.45) is 0.456. The number of halogens is 1. The van der Waals surface area contributed by atoms with E-state index < -0.39 is 0 Å². The van der Waals surface area contributed by atoms with E-state index in [1.165, 1.54) is 4.88 Å². The number of carbonyl (C=O) groups excluding carboxylic acids is 1. The number of nitrogens with two attached hydrogens (primary N) is 1. The van der Waals surface area contributed by atoms with Crippen molar-refractivity contribution in [3.05, 3.63) is 45.1 Å². The van der Waals surface area contributed by atoms with Gasteiger partial charge in [-0.25, -0.2) is 0 Å². The predicted octanol–water partition coefficient (Wildman–Crippen LogP) is 3.55. The van der Waals surface area contributed by atoms with Crippen LogP contribution in [0.5, 0.6) is 0 Å². The van der Waals surface area contributed by atoms with Crippen LogP contribution >= 0.6 is 27.3 Å². The number of carbonyl (C=O) groups is 1. The SMILES string of the molecule is CN(CCC(=O)Nc1cccc(N)c1)Cc1cc(Br)cs1. The molecule has 21 heavy (non-hydrogen) atoms. The lowest BCUT2D eigenvalue weighted by Gasteiger charge is -2.15. The minimum Gasteiger partial charge on any atom is -0.399 e. The van der Waals surface area contributed by atoms with Crippen molar-refractivity contribution in [2.45, 2.75) is 13.0 Å². The first-order chi connectivity index (χ1) is 10.0. The number of nitrogens with zero attached hydrogens (tertiary/aromatic N) is 1. The second kappa shape index (κ2) is 7.59. The van der Waals surface area contributed by atoms with Gasteiger partial charge in [0.25, 0.3) is 0 Å². The molecule has 0 aliphatic heterocycles. The Hall–Kier alpha value is -1.37. The highest BCUT2D eigenvalue weighted by Crippen LogP contribution is 2.20. The Balaban J connectivity index is 1.75. The van der Waals surface area contributed by atoms with Crippen LogP contribution in [0.1, 0.15) is 11.3 Å². The molecule has 1 aromatic carbocycles. The van der Waals surface area contributed by atoms with Crippen LogP contribution in [0.2, 0.25) is 0 Å². The summed E-state index contributed by atoms with van der Waals surface area (Å²) in [7, 11) is 2.02. The minimum atomic E-state index is -0.000176. The highest BCUT2D eigenvalue weighted by Gasteiger charge is 2.07. The van der Waals surface area contributed by atoms with Gasteiger partial charge in [0, 0.05) is 45.6 Å². The third-order valence-electron chi connectivity index (χ3n) is 2.94. The van der Waals surface area contributed by atoms with Gasteiger partial charge in [-0.1, -0.05) is 6.07 Å². The molecule has 112 valence electrons. The average Bonchev–Trinajstić information content (AvgIpc) is 2.82. The van der Waals surface area contributed by atoms with Gasteiger partial charge in [0.05, 0.1) is 0 Å². The lowest BCUT2D eigenvalue weighted by atomic mass is 10.2. The average molecular weight is 368 g/mol. The molecule has 0 spiro atoms. The van der Waals surface area contributed by atoms with Crippen molar-refractivity contribution in [2.24, 2.45) is 0 Å². The molecule has 0 saturated carbocycles. The molecule has 0 aliphatic rings. The zero-order chi connectivity index (χ0) is 15.2. The summed E-state index contributed by atoms with van der Waals surface area (Å²) in [5.41, 5.74) is 7.07. The van der Waals surface area contributed by atoms with Gasteiger partial charge in [-0.2, -0.15) is 0 Å². The van der Waals surface area contributed by atoms with E-state index in [9.17, 15) is 4.79 Å². The number of thiophene rings is 1. The van der Waals surface area contributed by atoms with Crippen molar-refractivity contribution in [1.29, 1.82) is 0 Å². The zero-order valence-electron chi connectivity index (χ0n) is 11.8. The Morgan fingerprint density at radius 2 is 2.24 bits per heavy atom. The number of hydrogen-bond donors (Lipinski definition) is 2. The lowest BCUT2D eigenvalue weighted by Crippen LogP contribution is -2.23. The fraction of sp³-hybridized carbons (Fsp3) is 0.267. The van der Waals surface area contributed by atoms with Crippen molar-refractivity contribution in [2.75, 3.05) is 24.6 Å². The molecule has 6 heteroatoms. The van der Waals surface area contributed by atoms with Crippen molar-refractivity contribution < 1.29 is 4.79 Å². The van der Waals surface area contributed by atoms with Crippen molar-refractivity contribution in [3.8, 4) is 0 Å². The van der Waals surface area contributed by atoms with Crippen molar-refractivity contribution >= 4 is 44.5 Å². The Bertz CT molecular complexity index is 614. The molecular weight excluding hydrogens is 350 g/mol. The number of amides is 1. The summed E-state index contributed by atoms with van der Waals surface area (Å²) in [4.78, 5) is 15.3. The first kappa shape index (κ1) is 16.0. The molecule has 0 aliphatic carbocycles. The summed E-state index contributed by atoms with van der Waals surface area (Å²) < 4.78 is 1.11. The Labute approximate surface area is 137 Å². The number of hydrogen-bond acceptors (Lipinski definition) is 4. The summed E-state index contributed by atoms with van der Waals surface area (Å²) in [5.74, 6) is -0.000176. The Kier molecular flexibility index (Phi) is 5.78. The molecule has 1 heterocycles. The summed E-state index contributed by atoms with van der Waals surface area (Å²) in [6, 6.07) is 9.31. The van der Waals surface area contributed by atoms with Crippen molar-refractivity contribution in [1.82, 2.24) is 4.90 Å². The zero-order valence-corrected chi connectivity index (χ0v) is 14.2. The molecule has 4 nitrogen and oxygen atoms in total. The largest absolute Gasteiger partial charge is 0.399 e. The van der Waals surface area contributed by atoms with Crippen LogP contribution in [0.3, 0.4) is 0 Å². The van der Waals surface area contributed by atoms with E-state index in [0.717, 1.165) is 16.7 Å². The van der Waals surface area contributed by atoms with E-state index in [2.05, 4.69) is 37.6 Å². The van der Waals surface area contributed by atoms with E-state index in [0.29, 0.717) is 18.7 Å². The quantitative estimate of drug-likeness (QED) is 0.767. The third kappa shape index (κ3) is 5.49. The summed E-state index contributed by atoms with van der Waals surface area (Å²) in [5, 5.41) is 4.92. The minimum absolute atomic E-state index is 0.000176. The Morgan fingerprint density at radius 3 is 2.90 bits per heavy atom.